The van der Waals surface area contributed by atoms with Crippen LogP contribution >= 0.6 is 11.8 Å². The van der Waals surface area contributed by atoms with Crippen LogP contribution in [0.4, 0.5) is 0 Å². The smallest absolute Gasteiger partial charge is 0.232 e. The second-order valence-electron chi connectivity index (χ2n) is 5.67. The summed E-state index contributed by atoms with van der Waals surface area (Å²) in [5.41, 5.74) is 6.88. The zero-order valence-corrected chi connectivity index (χ0v) is 13.1. The summed E-state index contributed by atoms with van der Waals surface area (Å²) < 4.78 is 0. The first-order valence-corrected chi connectivity index (χ1v) is 7.47. The van der Waals surface area contributed by atoms with Gasteiger partial charge in [-0.25, -0.2) is 0 Å². The van der Waals surface area contributed by atoms with Crippen LogP contribution in [-0.2, 0) is 4.79 Å². The quantitative estimate of drug-likeness (QED) is 0.815. The second kappa shape index (κ2) is 6.96. The molecule has 2 N–H and O–H groups in total. The Labute approximate surface area is 120 Å². The average molecular weight is 280 g/mol. The van der Waals surface area contributed by atoms with Crippen molar-refractivity contribution in [1.82, 2.24) is 4.90 Å². The molecule has 0 aliphatic carbocycles. The van der Waals surface area contributed by atoms with Gasteiger partial charge < -0.3 is 10.6 Å². The normalized spacial score (nSPS) is 11.4. The maximum absolute atomic E-state index is 12.1. The van der Waals surface area contributed by atoms with Crippen LogP contribution in [0.2, 0.25) is 0 Å². The van der Waals surface area contributed by atoms with E-state index in [4.69, 9.17) is 5.73 Å². The molecule has 0 fully saturated rings. The Balaban J connectivity index is 2.50. The Hall–Kier alpha value is -1.00. The molecule has 0 heterocycles. The molecule has 0 saturated carbocycles. The lowest BCUT2D eigenvalue weighted by molar-refractivity contribution is -0.128. The molecule has 0 spiro atoms. The van der Waals surface area contributed by atoms with Crippen LogP contribution in [0.5, 0.6) is 0 Å². The zero-order chi connectivity index (χ0) is 14.5. The van der Waals surface area contributed by atoms with Gasteiger partial charge in [0.15, 0.2) is 0 Å². The number of amides is 1. The summed E-state index contributed by atoms with van der Waals surface area (Å²) in [6.07, 6.45) is 0. The van der Waals surface area contributed by atoms with Gasteiger partial charge in [0.2, 0.25) is 5.91 Å². The molecule has 0 bridgehead atoms. The molecule has 0 aliphatic rings. The molecule has 0 unspecified atom stereocenters. The van der Waals surface area contributed by atoms with E-state index in [0.717, 1.165) is 0 Å². The van der Waals surface area contributed by atoms with Gasteiger partial charge in [-0.1, -0.05) is 32.0 Å². The minimum absolute atomic E-state index is 0.0300. The lowest BCUT2D eigenvalue weighted by Crippen LogP contribution is -2.40. The fourth-order valence-electron chi connectivity index (χ4n) is 1.76. The molecule has 3 nitrogen and oxygen atoms in total. The van der Waals surface area contributed by atoms with Crippen LogP contribution in [0.15, 0.2) is 29.2 Å². The number of carbonyl (C=O) groups excluding carboxylic acids is 1. The molecular weight excluding hydrogens is 256 g/mol. The predicted octanol–water partition coefficient (Wildman–Crippen LogP) is 2.53. The minimum Gasteiger partial charge on any atom is -0.344 e. The van der Waals surface area contributed by atoms with Gasteiger partial charge >= 0.3 is 0 Å². The molecule has 0 atom stereocenters. The van der Waals surface area contributed by atoms with Crippen molar-refractivity contribution in [2.24, 2.45) is 11.1 Å². The number of hydrogen-bond donors (Lipinski definition) is 1. The third kappa shape index (κ3) is 5.25. The number of hydrogen-bond acceptors (Lipinski definition) is 3. The lowest BCUT2D eigenvalue weighted by Gasteiger charge is -2.29. The van der Waals surface area contributed by atoms with E-state index in [1.54, 1.807) is 16.7 Å². The largest absolute Gasteiger partial charge is 0.344 e. The number of benzene rings is 1. The van der Waals surface area contributed by atoms with Gasteiger partial charge in [-0.05, 0) is 30.5 Å². The summed E-state index contributed by atoms with van der Waals surface area (Å²) in [5.74, 6) is 0.622. The van der Waals surface area contributed by atoms with Crippen molar-refractivity contribution in [2.45, 2.75) is 25.7 Å². The van der Waals surface area contributed by atoms with Crippen LogP contribution in [0.3, 0.4) is 0 Å². The summed E-state index contributed by atoms with van der Waals surface area (Å²) in [6, 6.07) is 8.13. The molecule has 0 aromatic heterocycles. The highest BCUT2D eigenvalue weighted by Crippen LogP contribution is 2.22. The molecule has 106 valence electrons. The second-order valence-corrected chi connectivity index (χ2v) is 6.69. The van der Waals surface area contributed by atoms with Crippen molar-refractivity contribution in [1.29, 1.82) is 0 Å². The topological polar surface area (TPSA) is 46.3 Å². The molecule has 4 heteroatoms. The van der Waals surface area contributed by atoms with Gasteiger partial charge in [-0.2, -0.15) is 0 Å². The van der Waals surface area contributed by atoms with E-state index in [1.807, 2.05) is 19.2 Å². The Kier molecular flexibility index (Phi) is 5.88. The molecular formula is C15H24N2OS. The number of nitrogens with two attached hydrogens (primary N) is 1. The highest BCUT2D eigenvalue weighted by molar-refractivity contribution is 8.00. The highest BCUT2D eigenvalue weighted by Gasteiger charge is 2.21. The fraction of sp³-hybridized carbons (Fsp3) is 0.533. The van der Waals surface area contributed by atoms with Crippen molar-refractivity contribution in [3.8, 4) is 0 Å². The third-order valence-corrected chi connectivity index (χ3v) is 4.25. The van der Waals surface area contributed by atoms with Crippen molar-refractivity contribution in [3.63, 3.8) is 0 Å². The van der Waals surface area contributed by atoms with Crippen LogP contribution in [0.1, 0.15) is 19.4 Å². The maximum atomic E-state index is 12.1. The number of nitrogens with zero attached hydrogens (tertiary/aromatic N) is 1. The van der Waals surface area contributed by atoms with Gasteiger partial charge in [0.25, 0.3) is 0 Å². The first-order chi connectivity index (χ1) is 8.85. The molecule has 0 saturated heterocycles. The molecule has 1 aromatic carbocycles. The van der Waals surface area contributed by atoms with E-state index in [0.29, 0.717) is 18.8 Å². The van der Waals surface area contributed by atoms with E-state index in [9.17, 15) is 4.79 Å². The van der Waals surface area contributed by atoms with Crippen molar-refractivity contribution < 1.29 is 4.79 Å². The fourth-order valence-corrected chi connectivity index (χ4v) is 2.73. The monoisotopic (exact) mass is 280 g/mol. The van der Waals surface area contributed by atoms with Crippen LogP contribution in [0, 0.1) is 12.3 Å². The Morgan fingerprint density at radius 1 is 1.37 bits per heavy atom. The predicted molar refractivity (Wildman–Crippen MR) is 82.4 cm³/mol. The molecule has 1 rings (SSSR count). The van der Waals surface area contributed by atoms with Crippen molar-refractivity contribution in [2.75, 3.05) is 25.9 Å². The van der Waals surface area contributed by atoms with Gasteiger partial charge in [0.1, 0.15) is 0 Å². The summed E-state index contributed by atoms with van der Waals surface area (Å²) in [7, 11) is 1.85. The minimum atomic E-state index is -0.0300. The standard InChI is InChI=1S/C15H24N2OS/c1-12-7-5-6-8-13(12)19-9-14(18)17(4)11-15(2,3)10-16/h5-8H,9-11,16H2,1-4H3. The van der Waals surface area contributed by atoms with Crippen molar-refractivity contribution >= 4 is 17.7 Å². The first-order valence-electron chi connectivity index (χ1n) is 6.48. The molecule has 0 radical (unpaired) electrons. The number of rotatable bonds is 6. The number of thioether (sulfide) groups is 1. The maximum Gasteiger partial charge on any atom is 0.232 e. The molecule has 1 aromatic rings. The number of aryl methyl sites for hydroxylation is 1. The van der Waals surface area contributed by atoms with Gasteiger partial charge in [0.05, 0.1) is 5.75 Å². The third-order valence-electron chi connectivity index (χ3n) is 3.09. The number of carbonyl (C=O) groups is 1. The van der Waals surface area contributed by atoms with E-state index >= 15 is 0 Å². The molecule has 0 aliphatic heterocycles. The summed E-state index contributed by atoms with van der Waals surface area (Å²) in [6.45, 7) is 7.48. The van der Waals surface area contributed by atoms with E-state index in [1.165, 1.54) is 10.5 Å². The van der Waals surface area contributed by atoms with Gasteiger partial charge in [-0.3, -0.25) is 4.79 Å². The SMILES string of the molecule is Cc1ccccc1SCC(=O)N(C)CC(C)(C)CN. The Morgan fingerprint density at radius 3 is 2.58 bits per heavy atom. The van der Waals surface area contributed by atoms with Crippen molar-refractivity contribution in [3.05, 3.63) is 29.8 Å². The molecule has 1 amide bonds. The van der Waals surface area contributed by atoms with Gasteiger partial charge in [0, 0.05) is 18.5 Å². The van der Waals surface area contributed by atoms with E-state index in [-0.39, 0.29) is 11.3 Å². The van der Waals surface area contributed by atoms with E-state index in [2.05, 4.69) is 32.9 Å². The zero-order valence-electron chi connectivity index (χ0n) is 12.3. The highest BCUT2D eigenvalue weighted by atomic mass is 32.2. The molecule has 19 heavy (non-hydrogen) atoms. The van der Waals surface area contributed by atoms with Gasteiger partial charge in [-0.15, -0.1) is 11.8 Å². The summed E-state index contributed by atoms with van der Waals surface area (Å²) in [4.78, 5) is 15.0. The Bertz CT molecular complexity index is 432. The first kappa shape index (κ1) is 16.1. The lowest BCUT2D eigenvalue weighted by atomic mass is 9.93. The summed E-state index contributed by atoms with van der Waals surface area (Å²) in [5, 5.41) is 0. The van der Waals surface area contributed by atoms with Crippen LogP contribution < -0.4 is 5.73 Å². The van der Waals surface area contributed by atoms with Crippen LogP contribution in [0.25, 0.3) is 0 Å². The Morgan fingerprint density at radius 2 is 2.00 bits per heavy atom. The van der Waals surface area contributed by atoms with E-state index < -0.39 is 0 Å². The summed E-state index contributed by atoms with van der Waals surface area (Å²) >= 11 is 1.59. The van der Waals surface area contributed by atoms with Crippen LogP contribution in [-0.4, -0.2) is 36.7 Å². The average Bonchev–Trinajstić information content (AvgIpc) is 2.37.